The molecule has 15 heavy (non-hydrogen) atoms. The first-order chi connectivity index (χ1) is 7.25. The maximum Gasteiger partial charge on any atom is 0.0793 e. The Labute approximate surface area is 91.1 Å². The summed E-state index contributed by atoms with van der Waals surface area (Å²) in [6.45, 7) is 2.28. The van der Waals surface area contributed by atoms with Gasteiger partial charge in [0, 0.05) is 0 Å². The highest BCUT2D eigenvalue weighted by atomic mass is 16.3. The molecule has 0 fully saturated rings. The van der Waals surface area contributed by atoms with Crippen molar-refractivity contribution < 1.29 is 5.11 Å². The smallest absolute Gasteiger partial charge is 0.0793 e. The molecule has 2 unspecified atom stereocenters. The predicted molar refractivity (Wildman–Crippen MR) is 61.1 cm³/mol. The zero-order valence-electron chi connectivity index (χ0n) is 9.29. The van der Waals surface area contributed by atoms with Crippen LogP contribution >= 0.6 is 0 Å². The van der Waals surface area contributed by atoms with Crippen LogP contribution in [0.25, 0.3) is 0 Å². The molecule has 2 atom stereocenters. The van der Waals surface area contributed by atoms with Crippen molar-refractivity contribution in [1.29, 1.82) is 0 Å². The van der Waals surface area contributed by atoms with E-state index in [9.17, 15) is 5.11 Å². The third-order valence-electron chi connectivity index (χ3n) is 4.06. The first-order valence-electron chi connectivity index (χ1n) is 6.09. The second-order valence-electron chi connectivity index (χ2n) is 5.10. The number of hydrogen-bond acceptors (Lipinski definition) is 1. The van der Waals surface area contributed by atoms with Crippen LogP contribution in [0.5, 0.6) is 0 Å². The maximum atomic E-state index is 10.0. The Morgan fingerprint density at radius 3 is 2.47 bits per heavy atom. The highest BCUT2D eigenvalue weighted by Crippen LogP contribution is 2.40. The van der Waals surface area contributed by atoms with Gasteiger partial charge in [0.25, 0.3) is 0 Å². The van der Waals surface area contributed by atoms with Crippen LogP contribution in [-0.2, 0) is 12.8 Å². The monoisotopic (exact) mass is 202 g/mol. The summed E-state index contributed by atoms with van der Waals surface area (Å²) in [5.41, 5.74) is 5.65. The number of benzene rings is 1. The van der Waals surface area contributed by atoms with Gasteiger partial charge < -0.3 is 5.11 Å². The van der Waals surface area contributed by atoms with Crippen LogP contribution in [0.4, 0.5) is 0 Å². The van der Waals surface area contributed by atoms with Crippen LogP contribution in [0.3, 0.4) is 0 Å². The molecule has 80 valence electrons. The van der Waals surface area contributed by atoms with Crippen LogP contribution in [0, 0.1) is 0 Å². The molecule has 0 aliphatic heterocycles. The number of aliphatic hydroxyl groups is 1. The summed E-state index contributed by atoms with van der Waals surface area (Å²) < 4.78 is 0. The van der Waals surface area contributed by atoms with Gasteiger partial charge in [-0.25, -0.2) is 0 Å². The van der Waals surface area contributed by atoms with Crippen LogP contribution in [0.2, 0.25) is 0 Å². The lowest BCUT2D eigenvalue weighted by molar-refractivity contribution is 0.151. The summed E-state index contributed by atoms with van der Waals surface area (Å²) in [7, 11) is 0. The van der Waals surface area contributed by atoms with E-state index in [1.807, 2.05) is 0 Å². The fourth-order valence-electron chi connectivity index (χ4n) is 3.10. The van der Waals surface area contributed by atoms with E-state index in [0.29, 0.717) is 5.92 Å². The van der Waals surface area contributed by atoms with Crippen molar-refractivity contribution in [2.24, 2.45) is 0 Å². The van der Waals surface area contributed by atoms with Crippen LogP contribution < -0.4 is 0 Å². The fourth-order valence-corrected chi connectivity index (χ4v) is 3.10. The molecule has 2 aliphatic carbocycles. The van der Waals surface area contributed by atoms with Gasteiger partial charge in [0.05, 0.1) is 6.10 Å². The van der Waals surface area contributed by atoms with E-state index in [4.69, 9.17) is 0 Å². The minimum atomic E-state index is -0.206. The Balaban J connectivity index is 2.15. The molecule has 2 aliphatic rings. The molecule has 3 rings (SSSR count). The summed E-state index contributed by atoms with van der Waals surface area (Å²) in [4.78, 5) is 0. The zero-order valence-corrected chi connectivity index (χ0v) is 9.29. The van der Waals surface area contributed by atoms with E-state index in [0.717, 1.165) is 12.8 Å². The van der Waals surface area contributed by atoms with Gasteiger partial charge in [-0.2, -0.15) is 0 Å². The summed E-state index contributed by atoms with van der Waals surface area (Å²) in [5, 5.41) is 10.0. The van der Waals surface area contributed by atoms with Crippen molar-refractivity contribution >= 4 is 0 Å². The molecule has 1 N–H and O–H groups in total. The SMILES string of the molecule is CC1CCC(O)c2cc3c(cc21)CCC3. The molecule has 0 spiro atoms. The van der Waals surface area contributed by atoms with Gasteiger partial charge in [0.15, 0.2) is 0 Å². The average molecular weight is 202 g/mol. The summed E-state index contributed by atoms with van der Waals surface area (Å²) in [6, 6.07) is 4.64. The van der Waals surface area contributed by atoms with Gasteiger partial charge in [0.1, 0.15) is 0 Å². The minimum Gasteiger partial charge on any atom is -0.388 e. The number of hydrogen-bond donors (Lipinski definition) is 1. The van der Waals surface area contributed by atoms with Gasteiger partial charge in [0.2, 0.25) is 0 Å². The molecule has 0 saturated heterocycles. The Bertz CT molecular complexity index is 358. The topological polar surface area (TPSA) is 20.2 Å². The number of fused-ring (bicyclic) bond motifs is 2. The molecular weight excluding hydrogens is 184 g/mol. The van der Waals surface area contributed by atoms with Crippen molar-refractivity contribution in [3.8, 4) is 0 Å². The highest BCUT2D eigenvalue weighted by Gasteiger charge is 2.25. The lowest BCUT2D eigenvalue weighted by atomic mass is 9.80. The first-order valence-corrected chi connectivity index (χ1v) is 6.09. The number of aryl methyl sites for hydroxylation is 2. The first kappa shape index (κ1) is 9.41. The third-order valence-corrected chi connectivity index (χ3v) is 4.06. The van der Waals surface area contributed by atoms with Crippen molar-refractivity contribution in [1.82, 2.24) is 0 Å². The van der Waals surface area contributed by atoms with Crippen molar-refractivity contribution in [3.63, 3.8) is 0 Å². The fraction of sp³-hybridized carbons (Fsp3) is 0.571. The molecule has 1 aromatic carbocycles. The predicted octanol–water partition coefficient (Wildman–Crippen LogP) is 3.11. The van der Waals surface area contributed by atoms with Gasteiger partial charge >= 0.3 is 0 Å². The highest BCUT2D eigenvalue weighted by molar-refractivity contribution is 5.44. The molecule has 1 nitrogen and oxygen atoms in total. The minimum absolute atomic E-state index is 0.206. The molecular formula is C14H18O. The largest absolute Gasteiger partial charge is 0.388 e. The van der Waals surface area contributed by atoms with Crippen molar-refractivity contribution in [3.05, 3.63) is 34.4 Å². The zero-order chi connectivity index (χ0) is 10.4. The van der Waals surface area contributed by atoms with Crippen LogP contribution in [0.15, 0.2) is 12.1 Å². The molecule has 0 aromatic heterocycles. The molecule has 0 bridgehead atoms. The average Bonchev–Trinajstić information content (AvgIpc) is 2.69. The van der Waals surface area contributed by atoms with E-state index < -0.39 is 0 Å². The second-order valence-corrected chi connectivity index (χ2v) is 5.10. The molecule has 1 heteroatoms. The Hall–Kier alpha value is -0.820. The van der Waals surface area contributed by atoms with E-state index in [1.54, 1.807) is 0 Å². The Morgan fingerprint density at radius 1 is 1.07 bits per heavy atom. The third kappa shape index (κ3) is 1.41. The van der Waals surface area contributed by atoms with Crippen molar-refractivity contribution in [2.75, 3.05) is 0 Å². The summed E-state index contributed by atoms with van der Waals surface area (Å²) in [6.07, 6.45) is 5.61. The van der Waals surface area contributed by atoms with Gasteiger partial charge in [-0.15, -0.1) is 0 Å². The van der Waals surface area contributed by atoms with Crippen molar-refractivity contribution in [2.45, 2.75) is 51.0 Å². The molecule has 0 radical (unpaired) electrons. The standard InChI is InChI=1S/C14H18O/c1-9-5-6-14(15)13-8-11-4-2-3-10(11)7-12(9)13/h7-9,14-15H,2-6H2,1H3. The summed E-state index contributed by atoms with van der Waals surface area (Å²) >= 11 is 0. The number of aliphatic hydroxyl groups excluding tert-OH is 1. The second kappa shape index (κ2) is 3.34. The lowest BCUT2D eigenvalue weighted by Gasteiger charge is -2.27. The quantitative estimate of drug-likeness (QED) is 0.685. The molecule has 1 aromatic rings. The van der Waals surface area contributed by atoms with Crippen LogP contribution in [0.1, 0.15) is 60.5 Å². The van der Waals surface area contributed by atoms with E-state index >= 15 is 0 Å². The van der Waals surface area contributed by atoms with Gasteiger partial charge in [-0.05, 0) is 60.3 Å². The molecule has 0 heterocycles. The van der Waals surface area contributed by atoms with E-state index in [1.165, 1.54) is 41.5 Å². The van der Waals surface area contributed by atoms with E-state index in [2.05, 4.69) is 19.1 Å². The normalized spacial score (nSPS) is 28.7. The summed E-state index contributed by atoms with van der Waals surface area (Å²) in [5.74, 6) is 0.634. The van der Waals surface area contributed by atoms with Gasteiger partial charge in [-0.1, -0.05) is 19.1 Å². The molecule has 0 saturated carbocycles. The Kier molecular flexibility index (Phi) is 2.10. The van der Waals surface area contributed by atoms with Crippen LogP contribution in [-0.4, -0.2) is 5.11 Å². The number of rotatable bonds is 0. The maximum absolute atomic E-state index is 10.0. The molecule has 0 amide bonds. The lowest BCUT2D eigenvalue weighted by Crippen LogP contribution is -2.13. The Morgan fingerprint density at radius 2 is 1.73 bits per heavy atom. The van der Waals surface area contributed by atoms with Gasteiger partial charge in [-0.3, -0.25) is 0 Å². The van der Waals surface area contributed by atoms with E-state index in [-0.39, 0.29) is 6.10 Å².